The standard InChI is InChI=1S/C16H24Cl2N2O3/c1-4-5-6-8-22-12-10-13(17)15(14(18)11-12)19-16(21)23-9-7-20(2)3/h10-11H,4-9H2,1-3H3,(H,19,21). The topological polar surface area (TPSA) is 50.8 Å². The number of likely N-dealkylation sites (N-methyl/N-ethyl adjacent to an activating group) is 1. The summed E-state index contributed by atoms with van der Waals surface area (Å²) >= 11 is 12.3. The first-order valence-corrected chi connectivity index (χ1v) is 8.40. The van der Waals surface area contributed by atoms with Crippen LogP contribution in [0.25, 0.3) is 0 Å². The first-order valence-electron chi connectivity index (χ1n) is 7.64. The highest BCUT2D eigenvalue weighted by Crippen LogP contribution is 2.35. The largest absolute Gasteiger partial charge is 0.493 e. The number of benzene rings is 1. The molecule has 0 aliphatic rings. The number of halogens is 2. The normalized spacial score (nSPS) is 10.7. The second-order valence-electron chi connectivity index (χ2n) is 5.38. The van der Waals surface area contributed by atoms with Gasteiger partial charge in [-0.2, -0.15) is 0 Å². The van der Waals surface area contributed by atoms with E-state index in [1.807, 2.05) is 19.0 Å². The zero-order chi connectivity index (χ0) is 17.2. The molecular weight excluding hydrogens is 339 g/mol. The van der Waals surface area contributed by atoms with E-state index in [2.05, 4.69) is 12.2 Å². The summed E-state index contributed by atoms with van der Waals surface area (Å²) in [5.74, 6) is 0.586. The third-order valence-corrected chi connectivity index (χ3v) is 3.63. The SMILES string of the molecule is CCCCCOc1cc(Cl)c(NC(=O)OCCN(C)C)c(Cl)c1. The molecule has 0 aromatic heterocycles. The number of ether oxygens (including phenoxy) is 2. The number of carbonyl (C=O) groups excluding carboxylic acids is 1. The molecule has 0 aliphatic heterocycles. The summed E-state index contributed by atoms with van der Waals surface area (Å²) in [5, 5.41) is 3.18. The number of unbranched alkanes of at least 4 members (excludes halogenated alkanes) is 2. The molecule has 0 fully saturated rings. The highest BCUT2D eigenvalue weighted by Gasteiger charge is 2.13. The Bertz CT molecular complexity index is 487. The van der Waals surface area contributed by atoms with Gasteiger partial charge in [-0.25, -0.2) is 4.79 Å². The van der Waals surface area contributed by atoms with Gasteiger partial charge in [0.15, 0.2) is 0 Å². The monoisotopic (exact) mass is 362 g/mol. The Balaban J connectivity index is 2.57. The quantitative estimate of drug-likeness (QED) is 0.648. The summed E-state index contributed by atoms with van der Waals surface area (Å²) < 4.78 is 10.7. The molecule has 0 bridgehead atoms. The second kappa shape index (κ2) is 10.6. The van der Waals surface area contributed by atoms with E-state index in [4.69, 9.17) is 32.7 Å². The average molecular weight is 363 g/mol. The molecule has 130 valence electrons. The molecule has 0 atom stereocenters. The van der Waals surface area contributed by atoms with Crippen LogP contribution in [0.4, 0.5) is 10.5 Å². The van der Waals surface area contributed by atoms with Crippen LogP contribution in [0.5, 0.6) is 5.75 Å². The third-order valence-electron chi connectivity index (χ3n) is 3.03. The lowest BCUT2D eigenvalue weighted by atomic mass is 10.2. The van der Waals surface area contributed by atoms with Crippen LogP contribution >= 0.6 is 23.2 Å². The molecule has 0 saturated carbocycles. The summed E-state index contributed by atoms with van der Waals surface area (Å²) in [7, 11) is 3.79. The molecule has 0 spiro atoms. The van der Waals surface area contributed by atoms with Gasteiger partial charge in [-0.15, -0.1) is 0 Å². The van der Waals surface area contributed by atoms with Gasteiger partial charge in [0, 0.05) is 18.7 Å². The van der Waals surface area contributed by atoms with Crippen LogP contribution in [-0.2, 0) is 4.74 Å². The number of rotatable bonds is 9. The minimum atomic E-state index is -0.590. The van der Waals surface area contributed by atoms with Crippen molar-refractivity contribution < 1.29 is 14.3 Å². The summed E-state index contributed by atoms with van der Waals surface area (Å²) in [4.78, 5) is 13.6. The van der Waals surface area contributed by atoms with Gasteiger partial charge in [0.25, 0.3) is 0 Å². The summed E-state index contributed by atoms with van der Waals surface area (Å²) in [5.41, 5.74) is 0.323. The van der Waals surface area contributed by atoms with E-state index in [9.17, 15) is 4.79 Å². The van der Waals surface area contributed by atoms with Gasteiger partial charge in [0.2, 0.25) is 0 Å². The lowest BCUT2D eigenvalue weighted by Crippen LogP contribution is -2.22. The molecule has 0 radical (unpaired) electrons. The molecule has 23 heavy (non-hydrogen) atoms. The Labute approximate surface area is 147 Å². The maximum absolute atomic E-state index is 11.7. The highest BCUT2D eigenvalue weighted by molar-refractivity contribution is 6.39. The minimum Gasteiger partial charge on any atom is -0.493 e. The van der Waals surface area contributed by atoms with Gasteiger partial charge < -0.3 is 14.4 Å². The molecule has 0 saturated heterocycles. The number of hydrogen-bond acceptors (Lipinski definition) is 4. The first kappa shape index (κ1) is 19.9. The van der Waals surface area contributed by atoms with Crippen LogP contribution < -0.4 is 10.1 Å². The number of hydrogen-bond donors (Lipinski definition) is 1. The number of anilines is 1. The van der Waals surface area contributed by atoms with Crippen LogP contribution in [0.1, 0.15) is 26.2 Å². The first-order chi connectivity index (χ1) is 10.9. The molecular formula is C16H24Cl2N2O3. The van der Waals surface area contributed by atoms with Crippen molar-refractivity contribution in [1.29, 1.82) is 0 Å². The Morgan fingerprint density at radius 3 is 2.39 bits per heavy atom. The number of nitrogens with one attached hydrogen (secondary N) is 1. The maximum atomic E-state index is 11.7. The van der Waals surface area contributed by atoms with Crippen LogP contribution in [0.2, 0.25) is 10.0 Å². The fraction of sp³-hybridized carbons (Fsp3) is 0.562. The van der Waals surface area contributed by atoms with E-state index in [-0.39, 0.29) is 6.61 Å². The molecule has 5 nitrogen and oxygen atoms in total. The van der Waals surface area contributed by atoms with Crippen LogP contribution in [0.3, 0.4) is 0 Å². The van der Waals surface area contributed by atoms with Crippen molar-refractivity contribution in [2.24, 2.45) is 0 Å². The summed E-state index contributed by atoms with van der Waals surface area (Å²) in [6, 6.07) is 3.27. The molecule has 0 heterocycles. The van der Waals surface area contributed by atoms with Gasteiger partial charge in [-0.3, -0.25) is 5.32 Å². The summed E-state index contributed by atoms with van der Waals surface area (Å²) in [6.07, 6.45) is 2.63. The number of carbonyl (C=O) groups is 1. The van der Waals surface area contributed by atoms with E-state index in [0.29, 0.717) is 34.6 Å². The molecule has 0 aliphatic carbocycles. The molecule has 1 rings (SSSR count). The molecule has 0 unspecified atom stereocenters. The Hall–Kier alpha value is -1.17. The van der Waals surface area contributed by atoms with E-state index >= 15 is 0 Å². The lowest BCUT2D eigenvalue weighted by Gasteiger charge is -2.13. The number of amides is 1. The van der Waals surface area contributed by atoms with Crippen molar-refractivity contribution in [1.82, 2.24) is 4.90 Å². The Kier molecular flexibility index (Phi) is 9.14. The highest BCUT2D eigenvalue weighted by atomic mass is 35.5. The van der Waals surface area contributed by atoms with E-state index < -0.39 is 6.09 Å². The Morgan fingerprint density at radius 2 is 1.83 bits per heavy atom. The zero-order valence-electron chi connectivity index (χ0n) is 13.8. The zero-order valence-corrected chi connectivity index (χ0v) is 15.3. The van der Waals surface area contributed by atoms with Gasteiger partial charge in [0.1, 0.15) is 12.4 Å². The molecule has 1 aromatic rings. The predicted molar refractivity (Wildman–Crippen MR) is 95.0 cm³/mol. The Morgan fingerprint density at radius 1 is 1.17 bits per heavy atom. The van der Waals surface area contributed by atoms with Gasteiger partial charge in [-0.1, -0.05) is 43.0 Å². The minimum absolute atomic E-state index is 0.284. The lowest BCUT2D eigenvalue weighted by molar-refractivity contribution is 0.151. The molecule has 1 amide bonds. The van der Waals surface area contributed by atoms with E-state index in [0.717, 1.165) is 19.3 Å². The van der Waals surface area contributed by atoms with Crippen molar-refractivity contribution in [2.75, 3.05) is 39.2 Å². The number of nitrogens with zero attached hydrogens (tertiary/aromatic N) is 1. The molecule has 7 heteroatoms. The third kappa shape index (κ3) is 7.77. The predicted octanol–water partition coefficient (Wildman–Crippen LogP) is 4.67. The van der Waals surface area contributed by atoms with Gasteiger partial charge in [-0.05, 0) is 20.5 Å². The average Bonchev–Trinajstić information content (AvgIpc) is 2.47. The van der Waals surface area contributed by atoms with Crippen molar-refractivity contribution in [3.05, 3.63) is 22.2 Å². The fourth-order valence-corrected chi connectivity index (χ4v) is 2.32. The van der Waals surface area contributed by atoms with E-state index in [1.54, 1.807) is 12.1 Å². The smallest absolute Gasteiger partial charge is 0.411 e. The summed E-state index contributed by atoms with van der Waals surface area (Å²) in [6.45, 7) is 3.66. The molecule has 1 N–H and O–H groups in total. The fourth-order valence-electron chi connectivity index (χ4n) is 1.75. The van der Waals surface area contributed by atoms with Gasteiger partial charge in [0.05, 0.1) is 22.3 Å². The second-order valence-corrected chi connectivity index (χ2v) is 6.20. The van der Waals surface area contributed by atoms with Crippen LogP contribution in [0, 0.1) is 0 Å². The van der Waals surface area contributed by atoms with Crippen LogP contribution in [0.15, 0.2) is 12.1 Å². The van der Waals surface area contributed by atoms with Gasteiger partial charge >= 0.3 is 6.09 Å². The van der Waals surface area contributed by atoms with Crippen molar-refractivity contribution >= 4 is 35.0 Å². The van der Waals surface area contributed by atoms with Crippen molar-refractivity contribution in [3.63, 3.8) is 0 Å². The molecule has 1 aromatic carbocycles. The maximum Gasteiger partial charge on any atom is 0.411 e. The van der Waals surface area contributed by atoms with Crippen LogP contribution in [-0.4, -0.2) is 44.8 Å². The van der Waals surface area contributed by atoms with E-state index in [1.165, 1.54) is 0 Å². The van der Waals surface area contributed by atoms with Crippen molar-refractivity contribution in [3.8, 4) is 5.75 Å². The van der Waals surface area contributed by atoms with Crippen molar-refractivity contribution in [2.45, 2.75) is 26.2 Å².